The Balaban J connectivity index is 2.12. The summed E-state index contributed by atoms with van der Waals surface area (Å²) < 4.78 is 19.6. The van der Waals surface area contributed by atoms with Gasteiger partial charge in [0.2, 0.25) is 0 Å². The molecule has 3 nitrogen and oxygen atoms in total. The van der Waals surface area contributed by atoms with Crippen molar-refractivity contribution >= 4 is 0 Å². The van der Waals surface area contributed by atoms with Gasteiger partial charge in [-0.1, -0.05) is 31.2 Å². The summed E-state index contributed by atoms with van der Waals surface area (Å²) >= 11 is 0. The van der Waals surface area contributed by atoms with Gasteiger partial charge < -0.3 is 15.6 Å². The second-order valence-electron chi connectivity index (χ2n) is 5.06. The molecule has 2 aromatic rings. The van der Waals surface area contributed by atoms with Gasteiger partial charge in [-0.15, -0.1) is 0 Å². The summed E-state index contributed by atoms with van der Waals surface area (Å²) in [5, 5.41) is 9.24. The number of hydrogen-bond donors (Lipinski definition) is 2. The number of benzene rings is 2. The third-order valence-corrected chi connectivity index (χ3v) is 3.37. The maximum atomic E-state index is 14.0. The van der Waals surface area contributed by atoms with Crippen LogP contribution >= 0.6 is 0 Å². The van der Waals surface area contributed by atoms with Gasteiger partial charge in [-0.2, -0.15) is 0 Å². The molecule has 4 heteroatoms. The van der Waals surface area contributed by atoms with Gasteiger partial charge in [0.25, 0.3) is 0 Å². The summed E-state index contributed by atoms with van der Waals surface area (Å²) in [7, 11) is 0. The van der Waals surface area contributed by atoms with E-state index >= 15 is 0 Å². The molecule has 1 atom stereocenters. The van der Waals surface area contributed by atoms with Crippen LogP contribution in [0, 0.1) is 5.82 Å². The van der Waals surface area contributed by atoms with E-state index in [0.29, 0.717) is 6.42 Å². The summed E-state index contributed by atoms with van der Waals surface area (Å²) in [6.07, 6.45) is 1.41. The first-order chi connectivity index (χ1) is 10.1. The molecule has 0 bridgehead atoms. The molecule has 0 aliphatic rings. The number of phenols is 1. The second kappa shape index (κ2) is 7.09. The Morgan fingerprint density at radius 1 is 1.19 bits per heavy atom. The minimum absolute atomic E-state index is 0.0113. The number of ether oxygens (including phenoxy) is 1. The normalized spacial score (nSPS) is 12.1. The van der Waals surface area contributed by atoms with Crippen molar-refractivity contribution in [2.24, 2.45) is 5.73 Å². The van der Waals surface area contributed by atoms with Gasteiger partial charge in [0.15, 0.2) is 11.6 Å². The summed E-state index contributed by atoms with van der Waals surface area (Å²) in [5.41, 5.74) is 7.59. The highest BCUT2D eigenvalue weighted by atomic mass is 19.1. The number of nitrogens with two attached hydrogens (primary N) is 1. The third kappa shape index (κ3) is 4.20. The Labute approximate surface area is 124 Å². The van der Waals surface area contributed by atoms with Gasteiger partial charge in [-0.05, 0) is 42.2 Å². The first-order valence-electron chi connectivity index (χ1n) is 7.03. The maximum absolute atomic E-state index is 14.0. The van der Waals surface area contributed by atoms with Crippen molar-refractivity contribution in [3.05, 3.63) is 59.4 Å². The largest absolute Gasteiger partial charge is 0.508 e. The highest BCUT2D eigenvalue weighted by Crippen LogP contribution is 2.25. The van der Waals surface area contributed by atoms with Gasteiger partial charge in [-0.3, -0.25) is 0 Å². The molecule has 0 heterocycles. The van der Waals surface area contributed by atoms with Gasteiger partial charge >= 0.3 is 0 Å². The van der Waals surface area contributed by atoms with E-state index in [-0.39, 0.29) is 30.0 Å². The first kappa shape index (κ1) is 15.3. The number of halogens is 1. The van der Waals surface area contributed by atoms with Crippen molar-refractivity contribution in [1.82, 2.24) is 0 Å². The minimum Gasteiger partial charge on any atom is -0.508 e. The van der Waals surface area contributed by atoms with Crippen LogP contribution in [0.1, 0.15) is 24.5 Å². The average molecular weight is 289 g/mol. The molecule has 0 saturated heterocycles. The Morgan fingerprint density at radius 3 is 2.57 bits per heavy atom. The van der Waals surface area contributed by atoms with Gasteiger partial charge in [0, 0.05) is 6.04 Å². The minimum atomic E-state index is -0.380. The van der Waals surface area contributed by atoms with E-state index in [1.165, 1.54) is 6.07 Å². The van der Waals surface area contributed by atoms with E-state index in [4.69, 9.17) is 10.5 Å². The number of aromatic hydroxyl groups is 1. The molecule has 0 fully saturated rings. The number of rotatable bonds is 6. The Bertz CT molecular complexity index is 584. The lowest BCUT2D eigenvalue weighted by molar-refractivity contribution is 0.286. The van der Waals surface area contributed by atoms with E-state index < -0.39 is 0 Å². The van der Waals surface area contributed by atoms with Crippen LogP contribution in [0.3, 0.4) is 0 Å². The molecule has 21 heavy (non-hydrogen) atoms. The molecule has 0 aliphatic carbocycles. The molecule has 0 spiro atoms. The molecule has 2 aromatic carbocycles. The molecule has 1 unspecified atom stereocenters. The number of phenolic OH excluding ortho intramolecular Hbond substituents is 1. The maximum Gasteiger partial charge on any atom is 0.165 e. The van der Waals surface area contributed by atoms with Gasteiger partial charge in [0.1, 0.15) is 12.4 Å². The Morgan fingerprint density at radius 2 is 1.90 bits per heavy atom. The number of hydrogen-bond acceptors (Lipinski definition) is 3. The van der Waals surface area contributed by atoms with Crippen LogP contribution in [0.5, 0.6) is 11.5 Å². The summed E-state index contributed by atoms with van der Waals surface area (Å²) in [5.74, 6) is 0.0725. The van der Waals surface area contributed by atoms with Gasteiger partial charge in [0.05, 0.1) is 0 Å². The third-order valence-electron chi connectivity index (χ3n) is 3.37. The zero-order chi connectivity index (χ0) is 15.2. The fourth-order valence-electron chi connectivity index (χ4n) is 2.05. The highest BCUT2D eigenvalue weighted by Gasteiger charge is 2.12. The predicted molar refractivity (Wildman–Crippen MR) is 80.8 cm³/mol. The lowest BCUT2D eigenvalue weighted by Gasteiger charge is -2.15. The second-order valence-corrected chi connectivity index (χ2v) is 5.06. The molecular formula is C17H20FNO2. The molecule has 3 N–H and O–H groups in total. The van der Waals surface area contributed by atoms with Gasteiger partial charge in [-0.25, -0.2) is 4.39 Å². The molecule has 112 valence electrons. The molecule has 0 amide bonds. The topological polar surface area (TPSA) is 55.5 Å². The van der Waals surface area contributed by atoms with E-state index in [1.807, 2.05) is 13.0 Å². The molecule has 0 aliphatic heterocycles. The number of para-hydroxylation sites is 1. The van der Waals surface area contributed by atoms with Crippen LogP contribution in [0.2, 0.25) is 0 Å². The molecule has 0 aromatic heterocycles. The smallest absolute Gasteiger partial charge is 0.165 e. The fourth-order valence-corrected chi connectivity index (χ4v) is 2.05. The summed E-state index contributed by atoms with van der Waals surface area (Å²) in [4.78, 5) is 0. The van der Waals surface area contributed by atoms with Crippen molar-refractivity contribution < 1.29 is 14.2 Å². The fraction of sp³-hybridized carbons (Fsp3) is 0.294. The molecule has 2 rings (SSSR count). The van der Waals surface area contributed by atoms with Crippen LogP contribution in [-0.2, 0) is 13.0 Å². The van der Waals surface area contributed by atoms with Crippen LogP contribution in [-0.4, -0.2) is 11.1 Å². The Kier molecular flexibility index (Phi) is 5.17. The quantitative estimate of drug-likeness (QED) is 0.857. The van der Waals surface area contributed by atoms with Crippen molar-refractivity contribution in [3.63, 3.8) is 0 Å². The lowest BCUT2D eigenvalue weighted by Crippen LogP contribution is -2.22. The van der Waals surface area contributed by atoms with Crippen molar-refractivity contribution in [1.29, 1.82) is 0 Å². The van der Waals surface area contributed by atoms with Crippen LogP contribution in [0.25, 0.3) is 0 Å². The SMILES string of the molecule is CCC(N)Cc1cccc(F)c1OCc1ccc(O)cc1. The zero-order valence-electron chi connectivity index (χ0n) is 12.1. The predicted octanol–water partition coefficient (Wildman–Crippen LogP) is 3.39. The van der Waals surface area contributed by atoms with E-state index in [2.05, 4.69) is 0 Å². The van der Waals surface area contributed by atoms with Crippen molar-refractivity contribution in [2.75, 3.05) is 0 Å². The average Bonchev–Trinajstić information content (AvgIpc) is 2.48. The zero-order valence-corrected chi connectivity index (χ0v) is 12.1. The first-order valence-corrected chi connectivity index (χ1v) is 7.03. The monoisotopic (exact) mass is 289 g/mol. The van der Waals surface area contributed by atoms with Crippen LogP contribution in [0.4, 0.5) is 4.39 Å². The standard InChI is InChI=1S/C17H20FNO2/c1-2-14(19)10-13-4-3-5-16(18)17(13)21-11-12-6-8-15(20)9-7-12/h3-9,14,20H,2,10-11,19H2,1H3. The van der Waals surface area contributed by atoms with E-state index in [1.54, 1.807) is 30.3 Å². The van der Waals surface area contributed by atoms with E-state index in [0.717, 1.165) is 17.5 Å². The lowest BCUT2D eigenvalue weighted by atomic mass is 10.0. The Hall–Kier alpha value is -2.07. The van der Waals surface area contributed by atoms with E-state index in [9.17, 15) is 9.50 Å². The molecule has 0 radical (unpaired) electrons. The highest BCUT2D eigenvalue weighted by molar-refractivity contribution is 5.36. The van der Waals surface area contributed by atoms with Crippen molar-refractivity contribution in [2.45, 2.75) is 32.4 Å². The van der Waals surface area contributed by atoms with Crippen LogP contribution < -0.4 is 10.5 Å². The molecule has 0 saturated carbocycles. The van der Waals surface area contributed by atoms with Crippen molar-refractivity contribution in [3.8, 4) is 11.5 Å². The molecular weight excluding hydrogens is 269 g/mol. The summed E-state index contributed by atoms with van der Waals surface area (Å²) in [6, 6.07) is 11.5. The van der Waals surface area contributed by atoms with Crippen LogP contribution in [0.15, 0.2) is 42.5 Å². The summed E-state index contributed by atoms with van der Waals surface area (Å²) in [6.45, 7) is 2.25.